The van der Waals surface area contributed by atoms with Crippen molar-refractivity contribution in [2.24, 2.45) is 0 Å². The molecule has 1 aliphatic heterocycles. The van der Waals surface area contributed by atoms with Gasteiger partial charge in [-0.05, 0) is 36.4 Å². The Hall–Kier alpha value is -0.480. The second-order valence-corrected chi connectivity index (χ2v) is 5.71. The second-order valence-electron chi connectivity index (χ2n) is 3.81. The van der Waals surface area contributed by atoms with Crippen molar-refractivity contribution in [1.82, 2.24) is 0 Å². The molecule has 1 aromatic carbocycles. The van der Waals surface area contributed by atoms with Crippen molar-refractivity contribution >= 4 is 39.3 Å². The molecule has 0 aliphatic carbocycles. The van der Waals surface area contributed by atoms with E-state index in [0.29, 0.717) is 6.42 Å². The van der Waals surface area contributed by atoms with Gasteiger partial charge in [0.15, 0.2) is 0 Å². The van der Waals surface area contributed by atoms with E-state index in [2.05, 4.69) is 22.0 Å². The summed E-state index contributed by atoms with van der Waals surface area (Å²) in [5.41, 5.74) is 2.36. The summed E-state index contributed by atoms with van der Waals surface area (Å²) >= 11 is 5.17. The van der Waals surface area contributed by atoms with E-state index in [1.165, 1.54) is 5.56 Å². The number of rotatable bonds is 3. The lowest BCUT2D eigenvalue weighted by Crippen LogP contribution is -2.29. The number of nitrogens with zero attached hydrogens (tertiary/aromatic N) is 1. The number of carbonyl (C=O) groups is 1. The van der Waals surface area contributed by atoms with Gasteiger partial charge in [0.05, 0.1) is 0 Å². The zero-order valence-corrected chi connectivity index (χ0v) is 11.6. The van der Waals surface area contributed by atoms with Gasteiger partial charge in [-0.2, -0.15) is 11.8 Å². The Morgan fingerprint density at radius 3 is 3.12 bits per heavy atom. The van der Waals surface area contributed by atoms with Crippen LogP contribution in [0, 0.1) is 0 Å². The molecule has 0 radical (unpaired) electrons. The molecule has 16 heavy (non-hydrogen) atoms. The topological polar surface area (TPSA) is 20.3 Å². The van der Waals surface area contributed by atoms with Gasteiger partial charge in [-0.3, -0.25) is 4.79 Å². The molecular formula is C12H14BrNOS. The van der Waals surface area contributed by atoms with Crippen LogP contribution in [0.15, 0.2) is 22.7 Å². The summed E-state index contributed by atoms with van der Waals surface area (Å²) in [6.45, 7) is 0.832. The van der Waals surface area contributed by atoms with Crippen LogP contribution in [0.2, 0.25) is 0 Å². The van der Waals surface area contributed by atoms with Crippen LogP contribution in [0.4, 0.5) is 5.69 Å². The van der Waals surface area contributed by atoms with Crippen LogP contribution in [0.3, 0.4) is 0 Å². The largest absolute Gasteiger partial charge is 0.312 e. The van der Waals surface area contributed by atoms with Crippen LogP contribution in [-0.2, 0) is 11.2 Å². The monoisotopic (exact) mass is 299 g/mol. The minimum absolute atomic E-state index is 0.246. The van der Waals surface area contributed by atoms with E-state index in [1.54, 1.807) is 11.8 Å². The molecule has 0 bridgehead atoms. The summed E-state index contributed by atoms with van der Waals surface area (Å²) in [6.07, 6.45) is 3.64. The third-order valence-electron chi connectivity index (χ3n) is 2.76. The van der Waals surface area contributed by atoms with Crippen molar-refractivity contribution in [1.29, 1.82) is 0 Å². The van der Waals surface area contributed by atoms with E-state index >= 15 is 0 Å². The maximum absolute atomic E-state index is 12.0. The summed E-state index contributed by atoms with van der Waals surface area (Å²) in [6, 6.07) is 6.14. The highest BCUT2D eigenvalue weighted by Crippen LogP contribution is 2.30. The lowest BCUT2D eigenvalue weighted by atomic mass is 10.2. The van der Waals surface area contributed by atoms with Gasteiger partial charge < -0.3 is 4.90 Å². The Morgan fingerprint density at radius 2 is 2.38 bits per heavy atom. The third-order valence-corrected chi connectivity index (χ3v) is 3.86. The summed E-state index contributed by atoms with van der Waals surface area (Å²) in [7, 11) is 0. The molecule has 1 heterocycles. The van der Waals surface area contributed by atoms with Gasteiger partial charge in [-0.25, -0.2) is 0 Å². The third kappa shape index (κ3) is 2.43. The molecule has 0 spiro atoms. The minimum atomic E-state index is 0.246. The Bertz CT molecular complexity index is 408. The van der Waals surface area contributed by atoms with Crippen LogP contribution < -0.4 is 4.90 Å². The van der Waals surface area contributed by atoms with E-state index in [1.807, 2.05) is 23.3 Å². The van der Waals surface area contributed by atoms with Gasteiger partial charge in [-0.1, -0.05) is 15.9 Å². The first-order valence-electron chi connectivity index (χ1n) is 5.30. The number of benzene rings is 1. The summed E-state index contributed by atoms with van der Waals surface area (Å²) < 4.78 is 1.09. The fraction of sp³-hybridized carbons (Fsp3) is 0.417. The normalized spacial score (nSPS) is 14.0. The molecule has 0 unspecified atom stereocenters. The van der Waals surface area contributed by atoms with E-state index in [-0.39, 0.29) is 5.91 Å². The fourth-order valence-corrected chi connectivity index (χ4v) is 2.74. The van der Waals surface area contributed by atoms with Crippen LogP contribution in [0.5, 0.6) is 0 Å². The van der Waals surface area contributed by atoms with E-state index < -0.39 is 0 Å². The fourth-order valence-electron chi connectivity index (χ4n) is 1.95. The molecule has 1 aromatic rings. The Kier molecular flexibility index (Phi) is 3.92. The molecule has 4 heteroatoms. The quantitative estimate of drug-likeness (QED) is 0.855. The number of hydrogen-bond acceptors (Lipinski definition) is 2. The van der Waals surface area contributed by atoms with Gasteiger partial charge in [0.25, 0.3) is 0 Å². The molecule has 1 amide bonds. The Balaban J connectivity index is 2.14. The lowest BCUT2D eigenvalue weighted by Gasteiger charge is -2.17. The van der Waals surface area contributed by atoms with Gasteiger partial charge in [0.2, 0.25) is 5.91 Å². The van der Waals surface area contributed by atoms with Gasteiger partial charge in [0.1, 0.15) is 0 Å². The van der Waals surface area contributed by atoms with Crippen LogP contribution in [-0.4, -0.2) is 24.5 Å². The molecule has 2 nitrogen and oxygen atoms in total. The van der Waals surface area contributed by atoms with Crippen LogP contribution >= 0.6 is 27.7 Å². The second kappa shape index (κ2) is 5.23. The molecular weight excluding hydrogens is 286 g/mol. The van der Waals surface area contributed by atoms with Crippen molar-refractivity contribution in [2.75, 3.05) is 23.5 Å². The summed E-state index contributed by atoms with van der Waals surface area (Å²) in [5.74, 6) is 1.15. The minimum Gasteiger partial charge on any atom is -0.312 e. The standard InChI is InChI=1S/C12H14BrNOS/c1-16-7-5-12(15)14-6-4-9-8-10(13)2-3-11(9)14/h2-3,8H,4-7H2,1H3. The molecule has 0 saturated carbocycles. The van der Waals surface area contributed by atoms with Gasteiger partial charge >= 0.3 is 0 Å². The van der Waals surface area contributed by atoms with E-state index in [0.717, 1.165) is 28.9 Å². The summed E-state index contributed by atoms with van der Waals surface area (Å²) in [4.78, 5) is 13.9. The highest BCUT2D eigenvalue weighted by Gasteiger charge is 2.23. The Morgan fingerprint density at radius 1 is 1.56 bits per heavy atom. The smallest absolute Gasteiger partial charge is 0.227 e. The number of fused-ring (bicyclic) bond motifs is 1. The highest BCUT2D eigenvalue weighted by molar-refractivity contribution is 9.10. The maximum atomic E-state index is 12.0. The van der Waals surface area contributed by atoms with E-state index in [9.17, 15) is 4.79 Å². The number of amides is 1. The average molecular weight is 300 g/mol. The van der Waals surface area contributed by atoms with Crippen molar-refractivity contribution in [3.63, 3.8) is 0 Å². The lowest BCUT2D eigenvalue weighted by molar-refractivity contribution is -0.118. The molecule has 1 aliphatic rings. The van der Waals surface area contributed by atoms with E-state index in [4.69, 9.17) is 0 Å². The number of thioether (sulfide) groups is 1. The summed E-state index contributed by atoms with van der Waals surface area (Å²) in [5, 5.41) is 0. The average Bonchev–Trinajstić information content (AvgIpc) is 2.68. The number of halogens is 1. The van der Waals surface area contributed by atoms with Crippen molar-refractivity contribution in [3.05, 3.63) is 28.2 Å². The number of hydrogen-bond donors (Lipinski definition) is 0. The SMILES string of the molecule is CSCCC(=O)N1CCc2cc(Br)ccc21. The van der Waals surface area contributed by atoms with Crippen molar-refractivity contribution in [2.45, 2.75) is 12.8 Å². The van der Waals surface area contributed by atoms with Crippen LogP contribution in [0.1, 0.15) is 12.0 Å². The first kappa shape index (κ1) is 12.0. The Labute approximate surface area is 109 Å². The van der Waals surface area contributed by atoms with Crippen LogP contribution in [0.25, 0.3) is 0 Å². The van der Waals surface area contributed by atoms with Crippen molar-refractivity contribution in [3.8, 4) is 0 Å². The number of anilines is 1. The highest BCUT2D eigenvalue weighted by atomic mass is 79.9. The number of carbonyl (C=O) groups excluding carboxylic acids is 1. The molecule has 0 N–H and O–H groups in total. The molecule has 0 fully saturated rings. The molecule has 0 aromatic heterocycles. The first-order chi connectivity index (χ1) is 7.72. The zero-order chi connectivity index (χ0) is 11.5. The predicted molar refractivity (Wildman–Crippen MR) is 73.2 cm³/mol. The maximum Gasteiger partial charge on any atom is 0.227 e. The van der Waals surface area contributed by atoms with Crippen molar-refractivity contribution < 1.29 is 4.79 Å². The molecule has 0 atom stereocenters. The predicted octanol–water partition coefficient (Wildman–Crippen LogP) is 3.09. The molecule has 2 rings (SSSR count). The zero-order valence-electron chi connectivity index (χ0n) is 9.20. The first-order valence-corrected chi connectivity index (χ1v) is 7.49. The molecule has 86 valence electrons. The van der Waals surface area contributed by atoms with Gasteiger partial charge in [-0.15, -0.1) is 0 Å². The van der Waals surface area contributed by atoms with Gasteiger partial charge in [0, 0.05) is 28.9 Å². The molecule has 0 saturated heterocycles.